The molecule has 2 aromatic rings. The van der Waals surface area contributed by atoms with Gasteiger partial charge in [-0.25, -0.2) is 0 Å². The lowest BCUT2D eigenvalue weighted by Gasteiger charge is -2.25. The van der Waals surface area contributed by atoms with Crippen LogP contribution in [0.2, 0.25) is 0 Å². The summed E-state index contributed by atoms with van der Waals surface area (Å²) < 4.78 is 2.50. The second-order valence-corrected chi connectivity index (χ2v) is 7.16. The normalized spacial score (nSPS) is 17.6. The van der Waals surface area contributed by atoms with Crippen molar-refractivity contribution in [3.05, 3.63) is 30.5 Å². The fraction of sp³-hybridized carbons (Fsp3) is 0.556. The number of nitrogens with one attached hydrogen (secondary N) is 1. The number of aromatic nitrogens is 1. The van der Waals surface area contributed by atoms with Gasteiger partial charge in [-0.3, -0.25) is 0 Å². The van der Waals surface area contributed by atoms with E-state index in [0.29, 0.717) is 6.04 Å². The van der Waals surface area contributed by atoms with E-state index in [4.69, 9.17) is 0 Å². The molecule has 0 spiro atoms. The van der Waals surface area contributed by atoms with Crippen molar-refractivity contribution in [2.24, 2.45) is 0 Å². The van der Waals surface area contributed by atoms with Crippen LogP contribution in [0.1, 0.15) is 58.9 Å². The monoisotopic (exact) mass is 270 g/mol. The first-order chi connectivity index (χ1) is 9.53. The Bertz CT molecular complexity index is 583. The first kappa shape index (κ1) is 13.5. The number of anilines is 1. The topological polar surface area (TPSA) is 17.0 Å². The van der Waals surface area contributed by atoms with Gasteiger partial charge in [0.1, 0.15) is 0 Å². The highest BCUT2D eigenvalue weighted by Crippen LogP contribution is 2.32. The van der Waals surface area contributed by atoms with Crippen LogP contribution in [-0.4, -0.2) is 10.1 Å². The van der Waals surface area contributed by atoms with Gasteiger partial charge in [-0.2, -0.15) is 0 Å². The van der Waals surface area contributed by atoms with E-state index in [9.17, 15) is 0 Å². The fourth-order valence-corrected chi connectivity index (χ4v) is 3.35. The van der Waals surface area contributed by atoms with E-state index < -0.39 is 0 Å². The van der Waals surface area contributed by atoms with Crippen LogP contribution in [-0.2, 0) is 0 Å². The maximum Gasteiger partial charge on any atom is 0.0484 e. The molecule has 3 rings (SSSR count). The molecule has 0 saturated heterocycles. The number of hydrogen-bond acceptors (Lipinski definition) is 1. The molecule has 1 aromatic heterocycles. The smallest absolute Gasteiger partial charge is 0.0484 e. The van der Waals surface area contributed by atoms with Crippen molar-refractivity contribution in [2.45, 2.75) is 64.5 Å². The van der Waals surface area contributed by atoms with Crippen LogP contribution in [0.3, 0.4) is 0 Å². The van der Waals surface area contributed by atoms with Crippen LogP contribution in [0.25, 0.3) is 10.9 Å². The van der Waals surface area contributed by atoms with Crippen LogP contribution >= 0.6 is 0 Å². The van der Waals surface area contributed by atoms with Crippen molar-refractivity contribution in [2.75, 3.05) is 5.32 Å². The van der Waals surface area contributed by atoms with Crippen LogP contribution in [0.5, 0.6) is 0 Å². The van der Waals surface area contributed by atoms with E-state index in [2.05, 4.69) is 61.1 Å². The lowest BCUT2D eigenvalue weighted by molar-refractivity contribution is 0.361. The van der Waals surface area contributed by atoms with Crippen LogP contribution in [0.4, 0.5) is 5.69 Å². The number of rotatable bonds is 2. The summed E-state index contributed by atoms with van der Waals surface area (Å²) in [6.45, 7) is 6.60. The largest absolute Gasteiger partial charge is 0.380 e. The maximum atomic E-state index is 3.55. The number of nitrogens with zero attached hydrogens (tertiary/aromatic N) is 1. The summed E-state index contributed by atoms with van der Waals surface area (Å²) in [4.78, 5) is 0. The highest BCUT2D eigenvalue weighted by molar-refractivity contribution is 5.84. The van der Waals surface area contributed by atoms with E-state index in [1.807, 2.05) is 0 Å². The molecule has 108 valence electrons. The number of fused-ring (bicyclic) bond motifs is 1. The van der Waals surface area contributed by atoms with Gasteiger partial charge < -0.3 is 9.88 Å². The van der Waals surface area contributed by atoms with E-state index in [1.54, 1.807) is 0 Å². The minimum atomic E-state index is 0.111. The van der Waals surface area contributed by atoms with Crippen molar-refractivity contribution in [3.63, 3.8) is 0 Å². The van der Waals surface area contributed by atoms with Crippen molar-refractivity contribution < 1.29 is 0 Å². The molecule has 1 aliphatic carbocycles. The highest BCUT2D eigenvalue weighted by atomic mass is 15.0. The van der Waals surface area contributed by atoms with Crippen LogP contribution in [0, 0.1) is 0 Å². The van der Waals surface area contributed by atoms with E-state index in [1.165, 1.54) is 48.7 Å². The zero-order chi connectivity index (χ0) is 14.2. The molecular weight excluding hydrogens is 244 g/mol. The van der Waals surface area contributed by atoms with Gasteiger partial charge in [0.2, 0.25) is 0 Å². The van der Waals surface area contributed by atoms with Gasteiger partial charge >= 0.3 is 0 Å². The Morgan fingerprint density at radius 3 is 2.50 bits per heavy atom. The Kier molecular flexibility index (Phi) is 3.49. The Morgan fingerprint density at radius 1 is 1.05 bits per heavy atom. The lowest BCUT2D eigenvalue weighted by Crippen LogP contribution is -2.25. The fourth-order valence-electron chi connectivity index (χ4n) is 3.35. The summed E-state index contributed by atoms with van der Waals surface area (Å²) in [5, 5.41) is 4.90. The van der Waals surface area contributed by atoms with E-state index >= 15 is 0 Å². The molecule has 1 aromatic carbocycles. The minimum Gasteiger partial charge on any atom is -0.380 e. The Hall–Kier alpha value is -1.44. The van der Waals surface area contributed by atoms with Gasteiger partial charge in [-0.1, -0.05) is 19.3 Å². The maximum absolute atomic E-state index is 3.55. The Morgan fingerprint density at radius 2 is 1.80 bits per heavy atom. The lowest BCUT2D eigenvalue weighted by atomic mass is 9.95. The second kappa shape index (κ2) is 5.16. The third kappa shape index (κ3) is 2.84. The zero-order valence-corrected chi connectivity index (χ0v) is 12.9. The summed E-state index contributed by atoms with van der Waals surface area (Å²) >= 11 is 0. The molecule has 0 bridgehead atoms. The van der Waals surface area contributed by atoms with E-state index in [0.717, 1.165) is 0 Å². The first-order valence-corrected chi connectivity index (χ1v) is 7.92. The van der Waals surface area contributed by atoms with Crippen LogP contribution in [0.15, 0.2) is 30.5 Å². The molecule has 2 heteroatoms. The molecule has 0 unspecified atom stereocenters. The molecule has 1 aliphatic rings. The molecule has 1 fully saturated rings. The summed E-state index contributed by atoms with van der Waals surface area (Å²) in [5.41, 5.74) is 2.71. The number of benzene rings is 1. The summed E-state index contributed by atoms with van der Waals surface area (Å²) in [6.07, 6.45) is 9.14. The van der Waals surface area contributed by atoms with Gasteiger partial charge in [0.25, 0.3) is 0 Å². The molecule has 0 amide bonds. The average molecular weight is 270 g/mol. The third-order valence-corrected chi connectivity index (χ3v) is 4.21. The summed E-state index contributed by atoms with van der Waals surface area (Å²) in [5.74, 6) is 0. The molecule has 1 N–H and O–H groups in total. The number of hydrogen-bond donors (Lipinski definition) is 1. The van der Waals surface area contributed by atoms with E-state index in [-0.39, 0.29) is 5.54 Å². The van der Waals surface area contributed by atoms with Gasteiger partial charge in [-0.05, 0) is 57.9 Å². The molecule has 0 aliphatic heterocycles. The predicted molar refractivity (Wildman–Crippen MR) is 87.4 cm³/mol. The van der Waals surface area contributed by atoms with Gasteiger partial charge in [-0.15, -0.1) is 0 Å². The summed E-state index contributed by atoms with van der Waals surface area (Å²) in [7, 11) is 0. The SMILES string of the molecule is CC(C)(C)Nc1ccc2c(ccn2C2CCCCC2)c1. The molecule has 2 nitrogen and oxygen atoms in total. The van der Waals surface area contributed by atoms with Gasteiger partial charge in [0.05, 0.1) is 0 Å². The molecule has 20 heavy (non-hydrogen) atoms. The average Bonchev–Trinajstić information content (AvgIpc) is 2.81. The highest BCUT2D eigenvalue weighted by Gasteiger charge is 2.17. The molecule has 0 atom stereocenters. The molecule has 1 saturated carbocycles. The van der Waals surface area contributed by atoms with Gasteiger partial charge in [0.15, 0.2) is 0 Å². The predicted octanol–water partition coefficient (Wildman–Crippen LogP) is 5.36. The van der Waals surface area contributed by atoms with Gasteiger partial charge in [0, 0.05) is 34.4 Å². The van der Waals surface area contributed by atoms with Crippen molar-refractivity contribution in [1.82, 2.24) is 4.57 Å². The zero-order valence-electron chi connectivity index (χ0n) is 12.9. The Balaban J connectivity index is 1.89. The van der Waals surface area contributed by atoms with Crippen LogP contribution < -0.4 is 5.32 Å². The minimum absolute atomic E-state index is 0.111. The summed E-state index contributed by atoms with van der Waals surface area (Å²) in [6, 6.07) is 9.74. The van der Waals surface area contributed by atoms with Crippen molar-refractivity contribution in [1.29, 1.82) is 0 Å². The second-order valence-electron chi connectivity index (χ2n) is 7.16. The standard InChI is InChI=1S/C18H26N2/c1-18(2,3)19-15-9-10-17-14(13-15)11-12-20(17)16-7-5-4-6-8-16/h9-13,16,19H,4-8H2,1-3H3. The molecular formula is C18H26N2. The first-order valence-electron chi connectivity index (χ1n) is 7.92. The molecule has 1 heterocycles. The third-order valence-electron chi connectivity index (χ3n) is 4.21. The van der Waals surface area contributed by atoms with Crippen molar-refractivity contribution >= 4 is 16.6 Å². The van der Waals surface area contributed by atoms with Crippen molar-refractivity contribution in [3.8, 4) is 0 Å². The molecule has 0 radical (unpaired) electrons. The Labute approximate surface area is 122 Å². The quantitative estimate of drug-likeness (QED) is 0.777.